The molecule has 0 saturated carbocycles. The third-order valence-electron chi connectivity index (χ3n) is 2.89. The van der Waals surface area contributed by atoms with Crippen LogP contribution in [0.25, 0.3) is 5.70 Å². The first-order valence-corrected chi connectivity index (χ1v) is 6.86. The smallest absolute Gasteiger partial charge is 0.244 e. The molecule has 20 heavy (non-hydrogen) atoms. The molecule has 0 unspecified atom stereocenters. The number of hydrogen-bond donors (Lipinski definition) is 1. The third kappa shape index (κ3) is 2.65. The van der Waals surface area contributed by atoms with Crippen LogP contribution in [0.4, 0.5) is 0 Å². The van der Waals surface area contributed by atoms with E-state index < -0.39 is 4.92 Å². The van der Waals surface area contributed by atoms with E-state index in [0.29, 0.717) is 11.3 Å². The molecule has 6 heteroatoms. The molecule has 0 spiro atoms. The van der Waals surface area contributed by atoms with Crippen LogP contribution in [0, 0.1) is 10.1 Å². The Hall–Kier alpha value is -2.34. The van der Waals surface area contributed by atoms with Crippen molar-refractivity contribution in [2.24, 2.45) is 4.99 Å². The second-order valence-corrected chi connectivity index (χ2v) is 5.41. The maximum Gasteiger partial charge on any atom is 0.244 e. The maximum absolute atomic E-state index is 10.5. The Labute approximate surface area is 119 Å². The highest BCUT2D eigenvalue weighted by molar-refractivity contribution is 8.07. The third-order valence-corrected chi connectivity index (χ3v) is 3.95. The summed E-state index contributed by atoms with van der Waals surface area (Å²) < 4.78 is 0. The number of nitrogens with zero attached hydrogens (tertiary/aromatic N) is 2. The van der Waals surface area contributed by atoms with Crippen LogP contribution >= 0.6 is 11.8 Å². The highest BCUT2D eigenvalue weighted by Crippen LogP contribution is 2.41. The Morgan fingerprint density at radius 1 is 1.35 bits per heavy atom. The molecular weight excluding hydrogens is 274 g/mol. The van der Waals surface area contributed by atoms with Crippen LogP contribution in [0.15, 0.2) is 63.2 Å². The fraction of sp³-hybridized carbons (Fsp3) is 0.0714. The van der Waals surface area contributed by atoms with Gasteiger partial charge in [-0.2, -0.15) is 0 Å². The second-order valence-electron chi connectivity index (χ2n) is 4.29. The molecule has 2 heterocycles. The topological polar surface area (TPSA) is 67.5 Å². The number of nitro groups is 1. The van der Waals surface area contributed by atoms with Gasteiger partial charge in [0.15, 0.2) is 0 Å². The van der Waals surface area contributed by atoms with Crippen LogP contribution in [-0.4, -0.2) is 11.1 Å². The van der Waals surface area contributed by atoms with Gasteiger partial charge in [-0.3, -0.25) is 10.1 Å². The van der Waals surface area contributed by atoms with E-state index in [1.54, 1.807) is 6.21 Å². The summed E-state index contributed by atoms with van der Waals surface area (Å²) in [6.45, 7) is 0. The van der Waals surface area contributed by atoms with Crippen LogP contribution in [0.5, 0.6) is 0 Å². The SMILES string of the molecule is O=[N+]([O-])C=C1CC2=C(N=CC=C(c3ccccc3)N2)S1. The van der Waals surface area contributed by atoms with Gasteiger partial charge in [0.2, 0.25) is 6.20 Å². The van der Waals surface area contributed by atoms with Crippen LogP contribution in [0.1, 0.15) is 12.0 Å². The molecule has 100 valence electrons. The molecule has 0 radical (unpaired) electrons. The molecule has 1 aromatic carbocycles. The van der Waals surface area contributed by atoms with Crippen molar-refractivity contribution in [3.05, 3.63) is 73.9 Å². The van der Waals surface area contributed by atoms with Gasteiger partial charge >= 0.3 is 0 Å². The average molecular weight is 285 g/mol. The average Bonchev–Trinajstić information content (AvgIpc) is 2.68. The highest BCUT2D eigenvalue weighted by atomic mass is 32.2. The Kier molecular flexibility index (Phi) is 3.39. The van der Waals surface area contributed by atoms with Gasteiger partial charge in [0.05, 0.1) is 15.5 Å². The molecule has 0 saturated heterocycles. The lowest BCUT2D eigenvalue weighted by Gasteiger charge is -2.10. The van der Waals surface area contributed by atoms with Crippen LogP contribution in [-0.2, 0) is 0 Å². The van der Waals surface area contributed by atoms with Gasteiger partial charge in [-0.25, -0.2) is 4.99 Å². The molecule has 1 aromatic rings. The van der Waals surface area contributed by atoms with E-state index >= 15 is 0 Å². The first-order valence-electron chi connectivity index (χ1n) is 6.04. The number of benzene rings is 1. The van der Waals surface area contributed by atoms with Crippen LogP contribution < -0.4 is 5.32 Å². The van der Waals surface area contributed by atoms with Gasteiger partial charge in [-0.15, -0.1) is 0 Å². The van der Waals surface area contributed by atoms with Crippen molar-refractivity contribution in [1.82, 2.24) is 5.32 Å². The first kappa shape index (κ1) is 12.7. The fourth-order valence-corrected chi connectivity index (χ4v) is 3.00. The van der Waals surface area contributed by atoms with Crippen LogP contribution in [0.3, 0.4) is 0 Å². The summed E-state index contributed by atoms with van der Waals surface area (Å²) in [5.41, 5.74) is 2.92. The van der Waals surface area contributed by atoms with E-state index in [1.807, 2.05) is 36.4 Å². The summed E-state index contributed by atoms with van der Waals surface area (Å²) >= 11 is 1.34. The van der Waals surface area contributed by atoms with Gasteiger partial charge in [0, 0.05) is 18.3 Å². The zero-order valence-electron chi connectivity index (χ0n) is 10.4. The summed E-state index contributed by atoms with van der Waals surface area (Å²) in [6.07, 6.45) is 5.19. The van der Waals surface area contributed by atoms with Crippen molar-refractivity contribution >= 4 is 23.7 Å². The Morgan fingerprint density at radius 2 is 2.15 bits per heavy atom. The predicted molar refractivity (Wildman–Crippen MR) is 80.4 cm³/mol. The minimum atomic E-state index is -0.424. The van der Waals surface area contributed by atoms with E-state index in [0.717, 1.165) is 28.2 Å². The quantitative estimate of drug-likeness (QED) is 0.669. The summed E-state index contributed by atoms with van der Waals surface area (Å²) in [5.74, 6) is 0. The van der Waals surface area contributed by atoms with Crippen molar-refractivity contribution in [1.29, 1.82) is 0 Å². The number of aliphatic imine (C=N–C) groups is 1. The second kappa shape index (κ2) is 5.34. The van der Waals surface area contributed by atoms with E-state index in [9.17, 15) is 10.1 Å². The predicted octanol–water partition coefficient (Wildman–Crippen LogP) is 3.13. The summed E-state index contributed by atoms with van der Waals surface area (Å²) in [5, 5.41) is 14.7. The lowest BCUT2D eigenvalue weighted by molar-refractivity contribution is -0.402. The molecule has 0 bridgehead atoms. The molecular formula is C14H11N3O2S. The number of thioether (sulfide) groups is 1. The van der Waals surface area contributed by atoms with Crippen molar-refractivity contribution in [2.75, 3.05) is 0 Å². The molecule has 1 N–H and O–H groups in total. The monoisotopic (exact) mass is 285 g/mol. The zero-order chi connectivity index (χ0) is 13.9. The van der Waals surface area contributed by atoms with Crippen molar-refractivity contribution in [3.8, 4) is 0 Å². The molecule has 0 amide bonds. The Morgan fingerprint density at radius 3 is 2.90 bits per heavy atom. The van der Waals surface area contributed by atoms with Gasteiger partial charge in [0.1, 0.15) is 5.03 Å². The molecule has 2 aliphatic heterocycles. The molecule has 0 fully saturated rings. The zero-order valence-corrected chi connectivity index (χ0v) is 11.3. The summed E-state index contributed by atoms with van der Waals surface area (Å²) in [7, 11) is 0. The van der Waals surface area contributed by atoms with Crippen molar-refractivity contribution in [3.63, 3.8) is 0 Å². The standard InChI is InChI=1S/C14H11N3O2S/c18-17(19)9-11-8-13-14(20-11)15-7-6-12(16-13)10-4-2-1-3-5-10/h1-7,9,16H,8H2. The van der Waals surface area contributed by atoms with Crippen molar-refractivity contribution in [2.45, 2.75) is 6.42 Å². The minimum Gasteiger partial charge on any atom is -0.356 e. The van der Waals surface area contributed by atoms with E-state index in [4.69, 9.17) is 0 Å². The minimum absolute atomic E-state index is 0.424. The normalized spacial score (nSPS) is 19.4. The first-order chi connectivity index (χ1) is 9.72. The van der Waals surface area contributed by atoms with Crippen molar-refractivity contribution < 1.29 is 4.92 Å². The lowest BCUT2D eigenvalue weighted by Crippen LogP contribution is -2.10. The molecule has 0 atom stereocenters. The molecule has 2 aliphatic rings. The number of rotatable bonds is 2. The lowest BCUT2D eigenvalue weighted by atomic mass is 10.1. The summed E-state index contributed by atoms with van der Waals surface area (Å²) in [4.78, 5) is 15.1. The highest BCUT2D eigenvalue weighted by Gasteiger charge is 2.23. The molecule has 0 aliphatic carbocycles. The van der Waals surface area contributed by atoms with Gasteiger partial charge in [-0.1, -0.05) is 42.1 Å². The largest absolute Gasteiger partial charge is 0.356 e. The Bertz CT molecular complexity index is 675. The molecule has 5 nitrogen and oxygen atoms in total. The summed E-state index contributed by atoms with van der Waals surface area (Å²) in [6, 6.07) is 9.92. The molecule has 3 rings (SSSR count). The van der Waals surface area contributed by atoms with Gasteiger partial charge in [-0.05, 0) is 11.6 Å². The molecule has 0 aromatic heterocycles. The van der Waals surface area contributed by atoms with Gasteiger partial charge < -0.3 is 5.32 Å². The number of hydrogen-bond acceptors (Lipinski definition) is 5. The maximum atomic E-state index is 10.5. The van der Waals surface area contributed by atoms with Crippen LogP contribution in [0.2, 0.25) is 0 Å². The Balaban J connectivity index is 1.84. The van der Waals surface area contributed by atoms with E-state index in [2.05, 4.69) is 10.3 Å². The van der Waals surface area contributed by atoms with Gasteiger partial charge in [0.25, 0.3) is 0 Å². The van der Waals surface area contributed by atoms with E-state index in [-0.39, 0.29) is 0 Å². The fourth-order valence-electron chi connectivity index (χ4n) is 2.03. The number of allylic oxidation sites excluding steroid dienone is 2. The number of nitrogens with one attached hydrogen (secondary N) is 1. The van der Waals surface area contributed by atoms with E-state index in [1.165, 1.54) is 11.8 Å².